The number of ether oxygens (including phenoxy) is 1. The van der Waals surface area contributed by atoms with E-state index in [1.165, 1.54) is 17.4 Å². The summed E-state index contributed by atoms with van der Waals surface area (Å²) in [6, 6.07) is 24.5. The Bertz CT molecular complexity index is 1440. The number of allylic oxidation sites excluding steroid dienone is 1. The van der Waals surface area contributed by atoms with E-state index in [9.17, 15) is 14.4 Å². The molecule has 0 saturated carbocycles. The van der Waals surface area contributed by atoms with E-state index in [2.05, 4.69) is 10.6 Å². The zero-order chi connectivity index (χ0) is 26.0. The standard InChI is InChI=1S/C30H24N2O4S/c1-36-28-10-6-5-7-23(28)13-16-27(33)22-11-14-25(15-12-22)31-30(35)26(19-21-17-18-37-20-21)32-29(34)24-8-3-2-4-9-24/h2-20H,1H3,(H,31,35)(H,32,34)/b16-13+,26-19-. The van der Waals surface area contributed by atoms with Gasteiger partial charge < -0.3 is 15.4 Å². The summed E-state index contributed by atoms with van der Waals surface area (Å²) >= 11 is 1.49. The summed E-state index contributed by atoms with van der Waals surface area (Å²) in [6.07, 6.45) is 4.80. The van der Waals surface area contributed by atoms with Crippen LogP contribution in [0.2, 0.25) is 0 Å². The summed E-state index contributed by atoms with van der Waals surface area (Å²) < 4.78 is 5.30. The lowest BCUT2D eigenvalue weighted by molar-refractivity contribution is -0.113. The molecule has 0 saturated heterocycles. The molecule has 7 heteroatoms. The molecule has 4 aromatic rings. The quantitative estimate of drug-likeness (QED) is 0.213. The number of amides is 2. The molecule has 1 heterocycles. The van der Waals surface area contributed by atoms with Crippen molar-refractivity contribution < 1.29 is 19.1 Å². The number of hydrogen-bond acceptors (Lipinski definition) is 5. The largest absolute Gasteiger partial charge is 0.496 e. The van der Waals surface area contributed by atoms with E-state index in [1.807, 2.05) is 47.2 Å². The molecule has 0 radical (unpaired) electrons. The number of benzene rings is 3. The molecule has 0 aliphatic rings. The minimum atomic E-state index is -0.481. The third-order valence-electron chi connectivity index (χ3n) is 5.36. The van der Waals surface area contributed by atoms with E-state index in [-0.39, 0.29) is 17.4 Å². The van der Waals surface area contributed by atoms with Crippen molar-refractivity contribution in [3.63, 3.8) is 0 Å². The molecule has 0 fully saturated rings. The first-order valence-corrected chi connectivity index (χ1v) is 12.3. The van der Waals surface area contributed by atoms with E-state index >= 15 is 0 Å². The summed E-state index contributed by atoms with van der Waals surface area (Å²) in [5.74, 6) is -0.377. The van der Waals surface area contributed by atoms with Gasteiger partial charge in [0.1, 0.15) is 11.4 Å². The molecule has 4 rings (SSSR count). The smallest absolute Gasteiger partial charge is 0.272 e. The maximum Gasteiger partial charge on any atom is 0.272 e. The van der Waals surface area contributed by atoms with Crippen LogP contribution in [0.3, 0.4) is 0 Å². The van der Waals surface area contributed by atoms with Crippen LogP contribution in [-0.2, 0) is 4.79 Å². The first kappa shape index (κ1) is 25.3. The maximum absolute atomic E-state index is 13.1. The van der Waals surface area contributed by atoms with Crippen molar-refractivity contribution >= 4 is 46.8 Å². The van der Waals surface area contributed by atoms with Gasteiger partial charge in [0.15, 0.2) is 5.78 Å². The van der Waals surface area contributed by atoms with Crippen LogP contribution in [0.5, 0.6) is 5.75 Å². The monoisotopic (exact) mass is 508 g/mol. The Balaban J connectivity index is 1.46. The number of carbonyl (C=O) groups is 3. The van der Waals surface area contributed by atoms with Gasteiger partial charge in [0.2, 0.25) is 0 Å². The molecule has 2 amide bonds. The van der Waals surface area contributed by atoms with Crippen molar-refractivity contribution in [1.29, 1.82) is 0 Å². The molecule has 0 aliphatic heterocycles. The average molecular weight is 509 g/mol. The van der Waals surface area contributed by atoms with Crippen LogP contribution in [0.1, 0.15) is 31.8 Å². The van der Waals surface area contributed by atoms with Gasteiger partial charge in [-0.15, -0.1) is 0 Å². The van der Waals surface area contributed by atoms with Crippen molar-refractivity contribution in [2.24, 2.45) is 0 Å². The van der Waals surface area contributed by atoms with Gasteiger partial charge in [0.05, 0.1) is 7.11 Å². The normalized spacial score (nSPS) is 11.2. The van der Waals surface area contributed by atoms with Crippen LogP contribution in [0, 0.1) is 0 Å². The second-order valence-electron chi connectivity index (χ2n) is 7.91. The summed E-state index contributed by atoms with van der Waals surface area (Å²) in [5.41, 5.74) is 3.09. The lowest BCUT2D eigenvalue weighted by Gasteiger charge is -2.11. The second kappa shape index (κ2) is 12.3. The van der Waals surface area contributed by atoms with Crippen LogP contribution in [-0.4, -0.2) is 24.7 Å². The molecule has 1 aromatic heterocycles. The minimum Gasteiger partial charge on any atom is -0.496 e. The number of thiophene rings is 1. The lowest BCUT2D eigenvalue weighted by atomic mass is 10.1. The van der Waals surface area contributed by atoms with Crippen molar-refractivity contribution in [3.8, 4) is 5.75 Å². The highest BCUT2D eigenvalue weighted by atomic mass is 32.1. The summed E-state index contributed by atoms with van der Waals surface area (Å²) in [7, 11) is 1.58. The number of anilines is 1. The molecule has 6 nitrogen and oxygen atoms in total. The molecule has 37 heavy (non-hydrogen) atoms. The SMILES string of the molecule is COc1ccccc1/C=C/C(=O)c1ccc(NC(=O)/C(=C/c2ccsc2)NC(=O)c2ccccc2)cc1. The van der Waals surface area contributed by atoms with Gasteiger partial charge in [-0.2, -0.15) is 11.3 Å². The predicted octanol–water partition coefficient (Wildman–Crippen LogP) is 6.06. The zero-order valence-electron chi connectivity index (χ0n) is 20.0. The third-order valence-corrected chi connectivity index (χ3v) is 6.06. The molecule has 0 atom stereocenters. The first-order chi connectivity index (χ1) is 18.0. The average Bonchev–Trinajstić information content (AvgIpc) is 3.45. The molecule has 3 aromatic carbocycles. The predicted molar refractivity (Wildman–Crippen MR) is 148 cm³/mol. The first-order valence-electron chi connectivity index (χ1n) is 11.4. The van der Waals surface area contributed by atoms with Gasteiger partial charge in [-0.25, -0.2) is 0 Å². The molecule has 184 valence electrons. The Morgan fingerprint density at radius 1 is 0.838 bits per heavy atom. The number of nitrogens with one attached hydrogen (secondary N) is 2. The molecular weight excluding hydrogens is 484 g/mol. The van der Waals surface area contributed by atoms with Gasteiger partial charge in [0, 0.05) is 22.4 Å². The lowest BCUT2D eigenvalue weighted by Crippen LogP contribution is -2.30. The Morgan fingerprint density at radius 2 is 1.57 bits per heavy atom. The van der Waals surface area contributed by atoms with Crippen LogP contribution in [0.25, 0.3) is 12.2 Å². The van der Waals surface area contributed by atoms with E-state index in [4.69, 9.17) is 4.74 Å². The molecule has 0 bridgehead atoms. The fraction of sp³-hybridized carbons (Fsp3) is 0.0333. The fourth-order valence-corrected chi connectivity index (χ4v) is 4.07. The van der Waals surface area contributed by atoms with Crippen LogP contribution < -0.4 is 15.4 Å². The summed E-state index contributed by atoms with van der Waals surface area (Å²) in [6.45, 7) is 0. The molecule has 0 unspecified atom stereocenters. The number of rotatable bonds is 9. The van der Waals surface area contributed by atoms with E-state index in [0.29, 0.717) is 22.6 Å². The highest BCUT2D eigenvalue weighted by molar-refractivity contribution is 7.08. The zero-order valence-corrected chi connectivity index (χ0v) is 20.8. The number of hydrogen-bond donors (Lipinski definition) is 2. The molecule has 0 spiro atoms. The van der Waals surface area contributed by atoms with Crippen molar-refractivity contribution in [1.82, 2.24) is 5.32 Å². The van der Waals surface area contributed by atoms with Gasteiger partial charge >= 0.3 is 0 Å². The van der Waals surface area contributed by atoms with Gasteiger partial charge in [-0.3, -0.25) is 14.4 Å². The van der Waals surface area contributed by atoms with Crippen molar-refractivity contribution in [3.05, 3.63) is 130 Å². The highest BCUT2D eigenvalue weighted by Gasteiger charge is 2.15. The van der Waals surface area contributed by atoms with E-state index in [1.54, 1.807) is 67.8 Å². The van der Waals surface area contributed by atoms with E-state index in [0.717, 1.165) is 11.1 Å². The minimum absolute atomic E-state index is 0.104. The van der Waals surface area contributed by atoms with Crippen LogP contribution in [0.4, 0.5) is 5.69 Å². The second-order valence-corrected chi connectivity index (χ2v) is 8.69. The maximum atomic E-state index is 13.1. The van der Waals surface area contributed by atoms with E-state index < -0.39 is 5.91 Å². The Hall–Kier alpha value is -4.75. The Kier molecular flexibility index (Phi) is 8.41. The van der Waals surface area contributed by atoms with Crippen LogP contribution >= 0.6 is 11.3 Å². The molecule has 2 N–H and O–H groups in total. The number of carbonyl (C=O) groups excluding carboxylic acids is 3. The number of methoxy groups -OCH3 is 1. The topological polar surface area (TPSA) is 84.5 Å². The van der Waals surface area contributed by atoms with Gasteiger partial charge in [-0.1, -0.05) is 36.4 Å². The van der Waals surface area contributed by atoms with Crippen LogP contribution in [0.15, 0.2) is 107 Å². The highest BCUT2D eigenvalue weighted by Crippen LogP contribution is 2.20. The molecule has 0 aliphatic carbocycles. The molecular formula is C30H24N2O4S. The Morgan fingerprint density at radius 3 is 2.27 bits per heavy atom. The van der Waals surface area contributed by atoms with Gasteiger partial charge in [-0.05, 0) is 83.1 Å². The third kappa shape index (κ3) is 6.90. The number of ketones is 1. The van der Waals surface area contributed by atoms with Crippen molar-refractivity contribution in [2.45, 2.75) is 0 Å². The Labute approximate surface area is 218 Å². The summed E-state index contributed by atoms with van der Waals surface area (Å²) in [4.78, 5) is 38.4. The van der Waals surface area contributed by atoms with Gasteiger partial charge in [0.25, 0.3) is 11.8 Å². The summed E-state index contributed by atoms with van der Waals surface area (Å²) in [5, 5.41) is 9.25. The fourth-order valence-electron chi connectivity index (χ4n) is 3.45. The number of para-hydroxylation sites is 1. The van der Waals surface area contributed by atoms with Crippen molar-refractivity contribution in [2.75, 3.05) is 12.4 Å².